The Morgan fingerprint density at radius 2 is 2.00 bits per heavy atom. The minimum absolute atomic E-state index is 0.0541. The van der Waals surface area contributed by atoms with Crippen LogP contribution in [-0.4, -0.2) is 40.6 Å². The fraction of sp³-hybridized carbons (Fsp3) is 0.667. The molecule has 4 aliphatic carbocycles. The van der Waals surface area contributed by atoms with Gasteiger partial charge in [0.1, 0.15) is 0 Å². The number of hydrogen-bond acceptors (Lipinski definition) is 4. The topological polar surface area (TPSA) is 91.3 Å². The normalized spacial score (nSPS) is 36.4. The Morgan fingerprint density at radius 3 is 2.70 bits per heavy atom. The van der Waals surface area contributed by atoms with Gasteiger partial charge >= 0.3 is 0 Å². The molecule has 2 amide bonds. The van der Waals surface area contributed by atoms with Gasteiger partial charge in [-0.1, -0.05) is 13.3 Å². The molecule has 4 aliphatic rings. The molecule has 0 aliphatic heterocycles. The van der Waals surface area contributed by atoms with Gasteiger partial charge in [-0.3, -0.25) is 14.6 Å². The summed E-state index contributed by atoms with van der Waals surface area (Å²) in [4.78, 5) is 29.0. The van der Waals surface area contributed by atoms with Crippen molar-refractivity contribution >= 4 is 11.8 Å². The van der Waals surface area contributed by atoms with Gasteiger partial charge in [0, 0.05) is 25.5 Å². The van der Waals surface area contributed by atoms with Crippen LogP contribution in [0.15, 0.2) is 24.5 Å². The maximum absolute atomic E-state index is 13.1. The first kappa shape index (κ1) is 18.4. The SMILES string of the molecule is CC[C@@]12C[C@@H]3C[C@@](O)(C1)C[C@@](C(=O)NCCNC(=O)c1cccnc1)(C3)C2. The summed E-state index contributed by atoms with van der Waals surface area (Å²) in [7, 11) is 0. The quantitative estimate of drug-likeness (QED) is 0.668. The lowest BCUT2D eigenvalue weighted by atomic mass is 9.42. The fourth-order valence-corrected chi connectivity index (χ4v) is 6.37. The van der Waals surface area contributed by atoms with E-state index in [1.54, 1.807) is 18.3 Å². The van der Waals surface area contributed by atoms with Crippen molar-refractivity contribution in [2.75, 3.05) is 13.1 Å². The predicted octanol–water partition coefficient (Wildman–Crippen LogP) is 2.04. The van der Waals surface area contributed by atoms with E-state index in [-0.39, 0.29) is 17.2 Å². The van der Waals surface area contributed by atoms with Crippen molar-refractivity contribution in [1.82, 2.24) is 15.6 Å². The molecule has 3 N–H and O–H groups in total. The van der Waals surface area contributed by atoms with Crippen molar-refractivity contribution in [1.29, 1.82) is 0 Å². The van der Waals surface area contributed by atoms with Crippen molar-refractivity contribution in [2.24, 2.45) is 16.7 Å². The molecule has 146 valence electrons. The summed E-state index contributed by atoms with van der Waals surface area (Å²) in [6.45, 7) is 2.97. The molecule has 0 aromatic carbocycles. The number of nitrogens with one attached hydrogen (secondary N) is 2. The van der Waals surface area contributed by atoms with E-state index in [1.807, 2.05) is 0 Å². The van der Waals surface area contributed by atoms with E-state index in [9.17, 15) is 14.7 Å². The summed E-state index contributed by atoms with van der Waals surface area (Å²) in [6.07, 6.45) is 9.41. The van der Waals surface area contributed by atoms with Gasteiger partial charge in [-0.2, -0.15) is 0 Å². The molecule has 0 saturated heterocycles. The van der Waals surface area contributed by atoms with Crippen LogP contribution in [0.1, 0.15) is 62.2 Å². The minimum atomic E-state index is -0.665. The molecule has 4 atom stereocenters. The third-order valence-corrected chi connectivity index (χ3v) is 7.01. The Kier molecular flexibility index (Phi) is 4.49. The average Bonchev–Trinajstić information content (AvgIpc) is 2.63. The van der Waals surface area contributed by atoms with Crippen LogP contribution in [0.5, 0.6) is 0 Å². The monoisotopic (exact) mass is 371 g/mol. The third-order valence-electron chi connectivity index (χ3n) is 7.01. The molecule has 6 heteroatoms. The maximum Gasteiger partial charge on any atom is 0.252 e. The van der Waals surface area contributed by atoms with E-state index < -0.39 is 11.0 Å². The third kappa shape index (κ3) is 3.35. The summed E-state index contributed by atoms with van der Waals surface area (Å²) < 4.78 is 0. The summed E-state index contributed by atoms with van der Waals surface area (Å²) in [5.74, 6) is 0.326. The Labute approximate surface area is 160 Å². The van der Waals surface area contributed by atoms with Gasteiger partial charge in [0.2, 0.25) is 5.91 Å². The Bertz CT molecular complexity index is 739. The first-order chi connectivity index (χ1) is 12.9. The molecular formula is C21H29N3O3. The predicted molar refractivity (Wildman–Crippen MR) is 101 cm³/mol. The van der Waals surface area contributed by atoms with E-state index in [4.69, 9.17) is 0 Å². The second-order valence-corrected chi connectivity index (χ2v) is 9.12. The molecule has 1 aromatic heterocycles. The van der Waals surface area contributed by atoms with Crippen molar-refractivity contribution in [3.63, 3.8) is 0 Å². The average molecular weight is 371 g/mol. The summed E-state index contributed by atoms with van der Waals surface area (Å²) in [5, 5.41) is 16.9. The van der Waals surface area contributed by atoms with E-state index in [1.165, 1.54) is 6.20 Å². The van der Waals surface area contributed by atoms with Crippen LogP contribution in [0.4, 0.5) is 0 Å². The highest BCUT2D eigenvalue weighted by Gasteiger charge is 2.64. The summed E-state index contributed by atoms with van der Waals surface area (Å²) in [5.41, 5.74) is -0.462. The van der Waals surface area contributed by atoms with E-state index in [2.05, 4.69) is 22.5 Å². The Morgan fingerprint density at radius 1 is 1.19 bits per heavy atom. The smallest absolute Gasteiger partial charge is 0.252 e. The maximum atomic E-state index is 13.1. The number of aliphatic hydroxyl groups is 1. The van der Waals surface area contributed by atoms with Gasteiger partial charge in [-0.25, -0.2) is 0 Å². The molecule has 5 rings (SSSR count). The highest BCUT2D eigenvalue weighted by atomic mass is 16.3. The molecule has 4 bridgehead atoms. The Balaban J connectivity index is 1.34. The zero-order chi connectivity index (χ0) is 19.1. The number of hydrogen-bond donors (Lipinski definition) is 3. The molecule has 0 spiro atoms. The van der Waals surface area contributed by atoms with Gasteiger partial charge in [0.15, 0.2) is 0 Å². The summed E-state index contributed by atoms with van der Waals surface area (Å²) in [6, 6.07) is 3.43. The number of carbonyl (C=O) groups excluding carboxylic acids is 2. The van der Waals surface area contributed by atoms with Crippen molar-refractivity contribution < 1.29 is 14.7 Å². The number of nitrogens with zero attached hydrogens (tertiary/aromatic N) is 1. The van der Waals surface area contributed by atoms with Crippen LogP contribution in [-0.2, 0) is 4.79 Å². The zero-order valence-electron chi connectivity index (χ0n) is 16.0. The molecule has 6 nitrogen and oxygen atoms in total. The second-order valence-electron chi connectivity index (χ2n) is 9.12. The van der Waals surface area contributed by atoms with E-state index in [0.29, 0.717) is 31.0 Å². The van der Waals surface area contributed by atoms with Crippen LogP contribution in [0.2, 0.25) is 0 Å². The zero-order valence-corrected chi connectivity index (χ0v) is 16.0. The molecular weight excluding hydrogens is 342 g/mol. The van der Waals surface area contributed by atoms with E-state index in [0.717, 1.165) is 38.5 Å². The van der Waals surface area contributed by atoms with Gasteiger partial charge in [-0.15, -0.1) is 0 Å². The van der Waals surface area contributed by atoms with Gasteiger partial charge in [0.25, 0.3) is 5.91 Å². The molecule has 0 unspecified atom stereocenters. The molecule has 4 fully saturated rings. The van der Waals surface area contributed by atoms with Crippen LogP contribution in [0, 0.1) is 16.7 Å². The number of carbonyl (C=O) groups is 2. The lowest BCUT2D eigenvalue weighted by Gasteiger charge is -2.64. The van der Waals surface area contributed by atoms with Crippen LogP contribution < -0.4 is 10.6 Å². The lowest BCUT2D eigenvalue weighted by Crippen LogP contribution is -2.64. The first-order valence-electron chi connectivity index (χ1n) is 10.1. The number of rotatable bonds is 6. The number of aromatic nitrogens is 1. The van der Waals surface area contributed by atoms with Gasteiger partial charge < -0.3 is 15.7 Å². The van der Waals surface area contributed by atoms with Crippen molar-refractivity contribution in [3.05, 3.63) is 30.1 Å². The number of amides is 2. The molecule has 1 heterocycles. The van der Waals surface area contributed by atoms with Gasteiger partial charge in [0.05, 0.1) is 16.6 Å². The van der Waals surface area contributed by atoms with Crippen LogP contribution >= 0.6 is 0 Å². The lowest BCUT2D eigenvalue weighted by molar-refractivity contribution is -0.204. The number of pyridine rings is 1. The van der Waals surface area contributed by atoms with Crippen molar-refractivity contribution in [2.45, 2.75) is 57.5 Å². The molecule has 0 radical (unpaired) electrons. The fourth-order valence-electron chi connectivity index (χ4n) is 6.37. The van der Waals surface area contributed by atoms with Crippen LogP contribution in [0.25, 0.3) is 0 Å². The van der Waals surface area contributed by atoms with Crippen molar-refractivity contribution in [3.8, 4) is 0 Å². The standard InChI is InChI=1S/C21H29N3O3/c1-2-19-8-15-9-20(12-19,14-21(27,10-15)13-19)18(26)24-7-6-23-17(25)16-4-3-5-22-11-16/h3-5,11,15,27H,2,6-10,12-14H2,1H3,(H,23,25)(H,24,26)/t15-,19-,20+,21+/m0/s1. The molecule has 1 aromatic rings. The first-order valence-corrected chi connectivity index (χ1v) is 10.1. The minimum Gasteiger partial charge on any atom is -0.390 e. The highest BCUT2D eigenvalue weighted by Crippen LogP contribution is 2.67. The largest absolute Gasteiger partial charge is 0.390 e. The summed E-state index contributed by atoms with van der Waals surface area (Å²) >= 11 is 0. The van der Waals surface area contributed by atoms with Crippen LogP contribution in [0.3, 0.4) is 0 Å². The highest BCUT2D eigenvalue weighted by molar-refractivity contribution is 5.93. The molecule has 27 heavy (non-hydrogen) atoms. The Hall–Kier alpha value is -1.95. The molecule has 4 saturated carbocycles. The van der Waals surface area contributed by atoms with Gasteiger partial charge in [-0.05, 0) is 62.0 Å². The van der Waals surface area contributed by atoms with E-state index >= 15 is 0 Å². The second kappa shape index (κ2) is 6.59.